The number of fused-ring (bicyclic) bond motifs is 1. The Balaban J connectivity index is 1.79. The van der Waals surface area contributed by atoms with Crippen molar-refractivity contribution in [2.45, 2.75) is 0 Å². The van der Waals surface area contributed by atoms with Crippen LogP contribution in [0.15, 0.2) is 48.8 Å². The summed E-state index contributed by atoms with van der Waals surface area (Å²) in [5.41, 5.74) is 1.18. The van der Waals surface area contributed by atoms with E-state index >= 15 is 0 Å². The number of carbonyl (C=O) groups excluding carboxylic acids is 1. The molecule has 1 aromatic heterocycles. The number of aliphatic carboxylic acids is 1. The first-order chi connectivity index (χ1) is 12.0. The molecule has 0 radical (unpaired) electrons. The van der Waals surface area contributed by atoms with Crippen molar-refractivity contribution >= 4 is 34.3 Å². The number of para-hydroxylation sites is 1. The van der Waals surface area contributed by atoms with Gasteiger partial charge in [-0.25, -0.2) is 14.4 Å². The van der Waals surface area contributed by atoms with Gasteiger partial charge in [0.25, 0.3) is 5.91 Å². The molecule has 0 bridgehead atoms. The zero-order valence-corrected chi connectivity index (χ0v) is 12.9. The van der Waals surface area contributed by atoms with Gasteiger partial charge < -0.3 is 15.7 Å². The molecule has 126 valence electrons. The van der Waals surface area contributed by atoms with Crippen molar-refractivity contribution in [3.8, 4) is 0 Å². The van der Waals surface area contributed by atoms with Crippen LogP contribution in [0.1, 0.15) is 10.4 Å². The van der Waals surface area contributed by atoms with E-state index in [-0.39, 0.29) is 5.52 Å². The molecule has 0 aliphatic heterocycles. The molecular formula is C17H13FN4O3. The lowest BCUT2D eigenvalue weighted by Crippen LogP contribution is -2.29. The normalized spacial score (nSPS) is 10.4. The predicted molar refractivity (Wildman–Crippen MR) is 89.2 cm³/mol. The van der Waals surface area contributed by atoms with Gasteiger partial charge in [0, 0.05) is 16.6 Å². The fourth-order valence-electron chi connectivity index (χ4n) is 2.25. The summed E-state index contributed by atoms with van der Waals surface area (Å²) in [5, 5.41) is 14.4. The van der Waals surface area contributed by atoms with Crippen molar-refractivity contribution in [1.29, 1.82) is 0 Å². The van der Waals surface area contributed by atoms with E-state index in [0.29, 0.717) is 22.5 Å². The highest BCUT2D eigenvalue weighted by molar-refractivity contribution is 5.96. The first-order valence-electron chi connectivity index (χ1n) is 7.31. The summed E-state index contributed by atoms with van der Waals surface area (Å²) >= 11 is 0. The van der Waals surface area contributed by atoms with Crippen LogP contribution in [0.25, 0.3) is 10.9 Å². The van der Waals surface area contributed by atoms with Crippen LogP contribution in [-0.2, 0) is 4.79 Å². The highest BCUT2D eigenvalue weighted by Gasteiger charge is 2.09. The summed E-state index contributed by atoms with van der Waals surface area (Å²) in [6.07, 6.45) is 1.27. The highest BCUT2D eigenvalue weighted by Crippen LogP contribution is 2.24. The number of benzene rings is 2. The topological polar surface area (TPSA) is 104 Å². The van der Waals surface area contributed by atoms with Crippen LogP contribution >= 0.6 is 0 Å². The van der Waals surface area contributed by atoms with Gasteiger partial charge >= 0.3 is 5.97 Å². The summed E-state index contributed by atoms with van der Waals surface area (Å²) < 4.78 is 13.8. The number of amides is 1. The molecule has 0 saturated carbocycles. The van der Waals surface area contributed by atoms with E-state index in [4.69, 9.17) is 5.11 Å². The molecule has 0 aliphatic rings. The molecule has 1 amide bonds. The predicted octanol–water partition coefficient (Wildman–Crippen LogP) is 2.33. The van der Waals surface area contributed by atoms with E-state index in [9.17, 15) is 14.0 Å². The quantitative estimate of drug-likeness (QED) is 0.658. The number of aromatic nitrogens is 2. The summed E-state index contributed by atoms with van der Waals surface area (Å²) in [6.45, 7) is -0.447. The number of anilines is 2. The lowest BCUT2D eigenvalue weighted by atomic mass is 10.2. The van der Waals surface area contributed by atoms with Gasteiger partial charge in [0.05, 0.1) is 0 Å². The Morgan fingerprint density at radius 1 is 1.08 bits per heavy atom. The van der Waals surface area contributed by atoms with Crippen molar-refractivity contribution in [2.75, 3.05) is 11.9 Å². The Bertz CT molecular complexity index is 944. The lowest BCUT2D eigenvalue weighted by Gasteiger charge is -2.09. The van der Waals surface area contributed by atoms with E-state index < -0.39 is 24.2 Å². The zero-order chi connectivity index (χ0) is 17.8. The van der Waals surface area contributed by atoms with E-state index in [1.807, 2.05) is 0 Å². The Morgan fingerprint density at radius 3 is 2.56 bits per heavy atom. The van der Waals surface area contributed by atoms with Crippen LogP contribution in [0.4, 0.5) is 15.9 Å². The van der Waals surface area contributed by atoms with Crippen molar-refractivity contribution < 1.29 is 19.1 Å². The zero-order valence-electron chi connectivity index (χ0n) is 12.9. The number of hydrogen-bond acceptors (Lipinski definition) is 5. The molecule has 3 rings (SSSR count). The monoisotopic (exact) mass is 340 g/mol. The van der Waals surface area contributed by atoms with Gasteiger partial charge in [-0.2, -0.15) is 0 Å². The largest absolute Gasteiger partial charge is 0.480 e. The molecule has 7 nitrogen and oxygen atoms in total. The number of nitrogens with one attached hydrogen (secondary N) is 2. The average Bonchev–Trinajstić information content (AvgIpc) is 2.61. The molecule has 0 saturated heterocycles. The number of halogens is 1. The maximum atomic E-state index is 13.8. The minimum Gasteiger partial charge on any atom is -0.480 e. The maximum absolute atomic E-state index is 13.8. The number of rotatable bonds is 5. The summed E-state index contributed by atoms with van der Waals surface area (Å²) in [6, 6.07) is 11.0. The molecule has 8 heteroatoms. The molecule has 2 aromatic carbocycles. The molecule has 1 heterocycles. The minimum atomic E-state index is -1.12. The standard InChI is InChI=1S/C17H13FN4O3/c18-13-3-1-2-12-15(13)20-9-21-16(12)22-11-6-4-10(5-7-11)17(25)19-8-14(23)24/h1-7,9H,8H2,(H,19,25)(H,23,24)(H,20,21,22). The molecular weight excluding hydrogens is 327 g/mol. The van der Waals surface area contributed by atoms with Gasteiger partial charge in [-0.15, -0.1) is 0 Å². The minimum absolute atomic E-state index is 0.213. The molecule has 0 fully saturated rings. The van der Waals surface area contributed by atoms with Crippen LogP contribution < -0.4 is 10.6 Å². The number of carboxylic acid groups (broad SMARTS) is 1. The fraction of sp³-hybridized carbons (Fsp3) is 0.0588. The Morgan fingerprint density at radius 2 is 1.84 bits per heavy atom. The molecule has 0 aliphatic carbocycles. The summed E-state index contributed by atoms with van der Waals surface area (Å²) in [4.78, 5) is 30.3. The highest BCUT2D eigenvalue weighted by atomic mass is 19.1. The Labute approximate surface area is 141 Å². The first-order valence-corrected chi connectivity index (χ1v) is 7.31. The van der Waals surface area contributed by atoms with Gasteiger partial charge in [-0.1, -0.05) is 6.07 Å². The van der Waals surface area contributed by atoms with Gasteiger partial charge in [0.2, 0.25) is 0 Å². The van der Waals surface area contributed by atoms with Crippen LogP contribution in [0.3, 0.4) is 0 Å². The second-order valence-corrected chi connectivity index (χ2v) is 5.14. The van der Waals surface area contributed by atoms with Gasteiger partial charge in [-0.05, 0) is 36.4 Å². The smallest absolute Gasteiger partial charge is 0.322 e. The Hall–Kier alpha value is -3.55. The summed E-state index contributed by atoms with van der Waals surface area (Å²) in [5.74, 6) is -1.60. The first kappa shape index (κ1) is 16.3. The van der Waals surface area contributed by atoms with E-state index in [2.05, 4.69) is 20.6 Å². The fourth-order valence-corrected chi connectivity index (χ4v) is 2.25. The second-order valence-electron chi connectivity index (χ2n) is 5.14. The van der Waals surface area contributed by atoms with Crippen molar-refractivity contribution in [3.05, 3.63) is 60.2 Å². The van der Waals surface area contributed by atoms with Crippen molar-refractivity contribution in [2.24, 2.45) is 0 Å². The molecule has 25 heavy (non-hydrogen) atoms. The Kier molecular flexibility index (Phi) is 4.51. The van der Waals surface area contributed by atoms with Crippen molar-refractivity contribution in [3.63, 3.8) is 0 Å². The number of hydrogen-bond donors (Lipinski definition) is 3. The average molecular weight is 340 g/mol. The van der Waals surface area contributed by atoms with E-state index in [1.165, 1.54) is 12.4 Å². The van der Waals surface area contributed by atoms with Gasteiger partial charge in [0.15, 0.2) is 0 Å². The van der Waals surface area contributed by atoms with Gasteiger partial charge in [-0.3, -0.25) is 9.59 Å². The van der Waals surface area contributed by atoms with Crippen LogP contribution in [0.5, 0.6) is 0 Å². The van der Waals surface area contributed by atoms with Crippen LogP contribution in [-0.4, -0.2) is 33.5 Å². The third kappa shape index (κ3) is 3.69. The van der Waals surface area contributed by atoms with E-state index in [0.717, 1.165) is 0 Å². The molecule has 0 atom stereocenters. The number of carbonyl (C=O) groups is 2. The number of carboxylic acids is 1. The van der Waals surface area contributed by atoms with Gasteiger partial charge in [0.1, 0.15) is 30.0 Å². The molecule has 3 aromatic rings. The molecule has 0 unspecified atom stereocenters. The van der Waals surface area contributed by atoms with Crippen LogP contribution in [0, 0.1) is 5.82 Å². The van der Waals surface area contributed by atoms with Crippen molar-refractivity contribution in [1.82, 2.24) is 15.3 Å². The summed E-state index contributed by atoms with van der Waals surface area (Å²) in [7, 11) is 0. The maximum Gasteiger partial charge on any atom is 0.322 e. The van der Waals surface area contributed by atoms with E-state index in [1.54, 1.807) is 36.4 Å². The molecule has 3 N–H and O–H groups in total. The molecule has 0 spiro atoms. The second kappa shape index (κ2) is 6.91. The lowest BCUT2D eigenvalue weighted by molar-refractivity contribution is -0.135. The third-order valence-electron chi connectivity index (χ3n) is 3.43. The van der Waals surface area contributed by atoms with Crippen LogP contribution in [0.2, 0.25) is 0 Å². The SMILES string of the molecule is O=C(O)CNC(=O)c1ccc(Nc2ncnc3c(F)cccc23)cc1. The third-order valence-corrected chi connectivity index (χ3v) is 3.43. The number of nitrogens with zero attached hydrogens (tertiary/aromatic N) is 2.